The number of urea groups is 1. The molecule has 0 aliphatic heterocycles. The minimum Gasteiger partial charge on any atom is -0.351 e. The molecule has 2 heterocycles. The van der Waals surface area contributed by atoms with Crippen molar-refractivity contribution >= 4 is 34.3 Å². The number of fused-ring (bicyclic) bond motifs is 1. The molecule has 0 saturated carbocycles. The summed E-state index contributed by atoms with van der Waals surface area (Å²) in [6, 6.07) is 8.47. The largest absolute Gasteiger partial charge is 0.351 e. The summed E-state index contributed by atoms with van der Waals surface area (Å²) in [6.45, 7) is 0. The quantitative estimate of drug-likeness (QED) is 0.583. The molecule has 2 amide bonds. The fourth-order valence-corrected chi connectivity index (χ4v) is 1.89. The number of benzene rings is 1. The molecule has 100 valence electrons. The summed E-state index contributed by atoms with van der Waals surface area (Å²) in [7, 11) is 0. The molecule has 7 heteroatoms. The van der Waals surface area contributed by atoms with E-state index in [4.69, 9.17) is 5.73 Å². The molecule has 0 atom stereocenters. The van der Waals surface area contributed by atoms with Crippen molar-refractivity contribution in [2.75, 3.05) is 10.6 Å². The number of carbonyl (C=O) groups is 1. The topological polar surface area (TPSA) is 109 Å². The van der Waals surface area contributed by atoms with E-state index in [2.05, 4.69) is 25.6 Å². The van der Waals surface area contributed by atoms with Gasteiger partial charge in [-0.15, -0.1) is 0 Å². The molecule has 0 unspecified atom stereocenters. The summed E-state index contributed by atoms with van der Waals surface area (Å²) >= 11 is 0. The molecule has 3 rings (SSSR count). The first-order valence-corrected chi connectivity index (χ1v) is 5.94. The molecule has 0 bridgehead atoms. The molecule has 2 aromatic heterocycles. The fraction of sp³-hybridized carbons (Fsp3) is 0. The van der Waals surface area contributed by atoms with Gasteiger partial charge in [0.05, 0.1) is 5.39 Å². The predicted molar refractivity (Wildman–Crippen MR) is 76.8 cm³/mol. The number of rotatable bonds is 3. The SMILES string of the molecule is NC(=O)Nc1ccc(Nc2ncnc3[nH]ccc23)cc1. The number of primary amides is 1. The summed E-state index contributed by atoms with van der Waals surface area (Å²) in [5.41, 5.74) is 7.31. The monoisotopic (exact) mass is 268 g/mol. The minimum atomic E-state index is -0.587. The van der Waals surface area contributed by atoms with Crippen molar-refractivity contribution in [1.29, 1.82) is 0 Å². The Labute approximate surface area is 114 Å². The zero-order valence-electron chi connectivity index (χ0n) is 10.4. The first kappa shape index (κ1) is 12.0. The van der Waals surface area contributed by atoms with E-state index in [1.165, 1.54) is 6.33 Å². The van der Waals surface area contributed by atoms with E-state index >= 15 is 0 Å². The van der Waals surface area contributed by atoms with Gasteiger partial charge in [-0.05, 0) is 30.3 Å². The van der Waals surface area contributed by atoms with Gasteiger partial charge < -0.3 is 21.4 Å². The Morgan fingerprint density at radius 1 is 1.10 bits per heavy atom. The van der Waals surface area contributed by atoms with Crippen LogP contribution in [0.4, 0.5) is 22.0 Å². The number of aromatic amines is 1. The van der Waals surface area contributed by atoms with Crippen LogP contribution < -0.4 is 16.4 Å². The molecule has 0 radical (unpaired) electrons. The van der Waals surface area contributed by atoms with Gasteiger partial charge in [0.15, 0.2) is 0 Å². The maximum Gasteiger partial charge on any atom is 0.316 e. The van der Waals surface area contributed by atoms with Gasteiger partial charge in [-0.3, -0.25) is 0 Å². The summed E-state index contributed by atoms with van der Waals surface area (Å²) in [5, 5.41) is 6.61. The van der Waals surface area contributed by atoms with Gasteiger partial charge in [0, 0.05) is 17.6 Å². The summed E-state index contributed by atoms with van der Waals surface area (Å²) in [4.78, 5) is 22.1. The number of amides is 2. The standard InChI is InChI=1S/C13H12N6O/c14-13(20)19-9-3-1-8(2-4-9)18-12-10-5-6-15-11(10)16-7-17-12/h1-7H,(H3,14,19,20)(H2,15,16,17,18). The number of hydrogen-bond donors (Lipinski definition) is 4. The summed E-state index contributed by atoms with van der Waals surface area (Å²) in [5.74, 6) is 0.715. The average Bonchev–Trinajstić information content (AvgIpc) is 2.90. The molecule has 7 nitrogen and oxygen atoms in total. The van der Waals surface area contributed by atoms with Crippen LogP contribution in [0.1, 0.15) is 0 Å². The highest BCUT2D eigenvalue weighted by Gasteiger charge is 2.04. The van der Waals surface area contributed by atoms with Crippen LogP contribution in [-0.4, -0.2) is 21.0 Å². The van der Waals surface area contributed by atoms with Crippen LogP contribution in [0.5, 0.6) is 0 Å². The third-order valence-electron chi connectivity index (χ3n) is 2.77. The van der Waals surface area contributed by atoms with Gasteiger partial charge in [-0.2, -0.15) is 0 Å². The van der Waals surface area contributed by atoms with Crippen molar-refractivity contribution in [2.24, 2.45) is 5.73 Å². The Morgan fingerprint density at radius 2 is 1.85 bits per heavy atom. The number of hydrogen-bond acceptors (Lipinski definition) is 4. The summed E-state index contributed by atoms with van der Waals surface area (Å²) < 4.78 is 0. The Kier molecular flexibility index (Phi) is 2.92. The highest BCUT2D eigenvalue weighted by molar-refractivity contribution is 5.90. The van der Waals surface area contributed by atoms with E-state index in [1.54, 1.807) is 12.1 Å². The molecule has 0 aliphatic rings. The second-order valence-electron chi connectivity index (χ2n) is 4.15. The number of nitrogens with two attached hydrogens (primary N) is 1. The molecule has 0 fully saturated rings. The second-order valence-corrected chi connectivity index (χ2v) is 4.15. The number of carbonyl (C=O) groups excluding carboxylic acids is 1. The highest BCUT2D eigenvalue weighted by Crippen LogP contribution is 2.22. The number of nitrogens with zero attached hydrogens (tertiary/aromatic N) is 2. The molecule has 20 heavy (non-hydrogen) atoms. The Bertz CT molecular complexity index is 749. The van der Waals surface area contributed by atoms with E-state index in [0.717, 1.165) is 16.7 Å². The Hall–Kier alpha value is -3.09. The lowest BCUT2D eigenvalue weighted by molar-refractivity contribution is 0.259. The van der Waals surface area contributed by atoms with Crippen molar-refractivity contribution in [1.82, 2.24) is 15.0 Å². The predicted octanol–water partition coefficient (Wildman–Crippen LogP) is 2.19. The van der Waals surface area contributed by atoms with E-state index in [-0.39, 0.29) is 0 Å². The Balaban J connectivity index is 1.84. The number of anilines is 3. The first-order chi connectivity index (χ1) is 9.72. The third kappa shape index (κ3) is 2.37. The molecular formula is C13H12N6O. The highest BCUT2D eigenvalue weighted by atomic mass is 16.2. The molecule has 1 aromatic carbocycles. The van der Waals surface area contributed by atoms with Crippen LogP contribution in [0.2, 0.25) is 0 Å². The van der Waals surface area contributed by atoms with Crippen molar-refractivity contribution < 1.29 is 4.79 Å². The molecule has 0 aliphatic carbocycles. The van der Waals surface area contributed by atoms with Gasteiger partial charge in [0.2, 0.25) is 0 Å². The van der Waals surface area contributed by atoms with Crippen LogP contribution in [-0.2, 0) is 0 Å². The van der Waals surface area contributed by atoms with E-state index in [1.807, 2.05) is 24.4 Å². The van der Waals surface area contributed by atoms with Crippen LogP contribution in [0, 0.1) is 0 Å². The van der Waals surface area contributed by atoms with Gasteiger partial charge in [0.1, 0.15) is 17.8 Å². The van der Waals surface area contributed by atoms with Crippen LogP contribution in [0.15, 0.2) is 42.9 Å². The van der Waals surface area contributed by atoms with E-state index < -0.39 is 6.03 Å². The van der Waals surface area contributed by atoms with Gasteiger partial charge >= 0.3 is 6.03 Å². The van der Waals surface area contributed by atoms with Crippen molar-refractivity contribution in [3.8, 4) is 0 Å². The van der Waals surface area contributed by atoms with Crippen LogP contribution >= 0.6 is 0 Å². The molecule has 3 aromatic rings. The second kappa shape index (κ2) is 4.88. The zero-order valence-corrected chi connectivity index (χ0v) is 10.4. The number of H-pyrrole nitrogens is 1. The lowest BCUT2D eigenvalue weighted by Crippen LogP contribution is -2.19. The van der Waals surface area contributed by atoms with Crippen molar-refractivity contribution in [3.05, 3.63) is 42.9 Å². The zero-order chi connectivity index (χ0) is 13.9. The van der Waals surface area contributed by atoms with Crippen LogP contribution in [0.25, 0.3) is 11.0 Å². The van der Waals surface area contributed by atoms with Gasteiger partial charge in [-0.1, -0.05) is 0 Å². The van der Waals surface area contributed by atoms with E-state index in [0.29, 0.717) is 11.5 Å². The van der Waals surface area contributed by atoms with Crippen molar-refractivity contribution in [3.63, 3.8) is 0 Å². The number of aromatic nitrogens is 3. The normalized spacial score (nSPS) is 10.4. The summed E-state index contributed by atoms with van der Waals surface area (Å²) in [6.07, 6.45) is 3.30. The third-order valence-corrected chi connectivity index (χ3v) is 2.77. The van der Waals surface area contributed by atoms with Crippen molar-refractivity contribution in [2.45, 2.75) is 0 Å². The van der Waals surface area contributed by atoms with E-state index in [9.17, 15) is 4.79 Å². The van der Waals surface area contributed by atoms with Gasteiger partial charge in [0.25, 0.3) is 0 Å². The molecule has 0 saturated heterocycles. The lowest BCUT2D eigenvalue weighted by Gasteiger charge is -2.07. The molecular weight excluding hydrogens is 256 g/mol. The smallest absolute Gasteiger partial charge is 0.316 e. The maximum absolute atomic E-state index is 10.7. The lowest BCUT2D eigenvalue weighted by atomic mass is 10.2. The minimum absolute atomic E-state index is 0.587. The number of nitrogens with one attached hydrogen (secondary N) is 3. The Morgan fingerprint density at radius 3 is 2.60 bits per heavy atom. The van der Waals surface area contributed by atoms with Crippen LogP contribution in [0.3, 0.4) is 0 Å². The maximum atomic E-state index is 10.7. The first-order valence-electron chi connectivity index (χ1n) is 5.94. The molecule has 5 N–H and O–H groups in total. The molecule has 0 spiro atoms. The fourth-order valence-electron chi connectivity index (χ4n) is 1.89. The average molecular weight is 268 g/mol. The van der Waals surface area contributed by atoms with Gasteiger partial charge in [-0.25, -0.2) is 14.8 Å².